The Hall–Kier alpha value is -1.31. The number of nitrogens with two attached hydrogens (primary N) is 2. The molecule has 0 aliphatic carbocycles. The van der Waals surface area contributed by atoms with Crippen molar-refractivity contribution in [2.75, 3.05) is 6.54 Å². The topological polar surface area (TPSA) is 154 Å². The first-order chi connectivity index (χ1) is 8.38. The third-order valence-corrected chi connectivity index (χ3v) is 2.96. The standard InChI is InChI=1S/C9H19N5O3Se/c10-5(4-18)7(15)14-6(8(16)17)2-1-3-13-9(11)12/h5-6,18H,1-4,10H2,(H,14,15)(H,16,17)(H4,11,12,13)/t5-,6-/m0/s1. The van der Waals surface area contributed by atoms with Gasteiger partial charge in [0, 0.05) is 0 Å². The Kier molecular flexibility index (Phi) is 8.10. The van der Waals surface area contributed by atoms with Gasteiger partial charge in [0.15, 0.2) is 0 Å². The Balaban J connectivity index is 4.11. The summed E-state index contributed by atoms with van der Waals surface area (Å²) in [5.41, 5.74) is 10.6. The molecular weight excluding hydrogens is 305 g/mol. The molecule has 0 spiro atoms. The van der Waals surface area contributed by atoms with Crippen LogP contribution in [0.3, 0.4) is 0 Å². The summed E-state index contributed by atoms with van der Waals surface area (Å²) in [4.78, 5) is 22.4. The van der Waals surface area contributed by atoms with Crippen molar-refractivity contribution in [3.8, 4) is 0 Å². The number of nitrogens with one attached hydrogen (secondary N) is 3. The zero-order valence-corrected chi connectivity index (χ0v) is 11.7. The Morgan fingerprint density at radius 3 is 2.50 bits per heavy atom. The summed E-state index contributed by atoms with van der Waals surface area (Å²) in [6, 6.07) is -1.70. The quantitative estimate of drug-likeness (QED) is 0.125. The molecule has 0 saturated carbocycles. The van der Waals surface area contributed by atoms with Gasteiger partial charge < -0.3 is 0 Å². The number of hydrogen-bond donors (Lipinski definition) is 6. The third-order valence-electron chi connectivity index (χ3n) is 2.13. The first-order valence-electron chi connectivity index (χ1n) is 5.36. The number of carbonyl (C=O) groups is 2. The number of guanidine groups is 1. The molecule has 2 atom stereocenters. The molecular formula is C9H19N5O3Se. The van der Waals surface area contributed by atoms with Gasteiger partial charge in [-0.15, -0.1) is 0 Å². The van der Waals surface area contributed by atoms with Crippen molar-refractivity contribution < 1.29 is 14.7 Å². The van der Waals surface area contributed by atoms with Gasteiger partial charge in [0.05, 0.1) is 0 Å². The van der Waals surface area contributed by atoms with Crippen molar-refractivity contribution in [3.63, 3.8) is 0 Å². The number of amides is 1. The van der Waals surface area contributed by atoms with Gasteiger partial charge in [0.25, 0.3) is 0 Å². The molecule has 0 aliphatic heterocycles. The van der Waals surface area contributed by atoms with E-state index in [0.717, 1.165) is 0 Å². The summed E-state index contributed by atoms with van der Waals surface area (Å²) < 4.78 is 0. The maximum absolute atomic E-state index is 11.5. The second kappa shape index (κ2) is 8.73. The number of hydrogen-bond acceptors (Lipinski definition) is 4. The summed E-state index contributed by atoms with van der Waals surface area (Å²) in [5, 5.41) is 21.2. The number of carboxylic acid groups (broad SMARTS) is 1. The monoisotopic (exact) mass is 325 g/mol. The van der Waals surface area contributed by atoms with Gasteiger partial charge >= 0.3 is 113 Å². The maximum atomic E-state index is 11.5. The zero-order chi connectivity index (χ0) is 14.1. The van der Waals surface area contributed by atoms with E-state index in [9.17, 15) is 9.59 Å². The molecule has 0 aromatic carbocycles. The molecule has 0 saturated heterocycles. The molecule has 8 nitrogen and oxygen atoms in total. The number of aliphatic carboxylic acids is 1. The predicted molar refractivity (Wildman–Crippen MR) is 68.6 cm³/mol. The van der Waals surface area contributed by atoms with Gasteiger partial charge in [0.1, 0.15) is 0 Å². The van der Waals surface area contributed by atoms with Crippen molar-refractivity contribution >= 4 is 33.8 Å². The molecule has 0 radical (unpaired) electrons. The average Bonchev–Trinajstić information content (AvgIpc) is 2.30. The fourth-order valence-electron chi connectivity index (χ4n) is 1.15. The Morgan fingerprint density at radius 2 is 2.06 bits per heavy atom. The fourth-order valence-corrected chi connectivity index (χ4v) is 1.50. The molecule has 0 aliphatic rings. The van der Waals surface area contributed by atoms with E-state index in [1.54, 1.807) is 0 Å². The van der Waals surface area contributed by atoms with Gasteiger partial charge in [-0.2, -0.15) is 0 Å². The van der Waals surface area contributed by atoms with E-state index in [1.807, 2.05) is 0 Å². The zero-order valence-electron chi connectivity index (χ0n) is 9.85. The normalized spacial score (nSPS) is 13.4. The molecule has 9 heteroatoms. The van der Waals surface area contributed by atoms with E-state index < -0.39 is 24.0 Å². The van der Waals surface area contributed by atoms with Gasteiger partial charge in [-0.05, 0) is 0 Å². The summed E-state index contributed by atoms with van der Waals surface area (Å²) in [7, 11) is 0. The van der Waals surface area contributed by atoms with Crippen molar-refractivity contribution in [3.05, 3.63) is 0 Å². The minimum atomic E-state index is -1.11. The SMILES string of the molecule is N=C(N)NCCC[C@H](NC(=O)[C@@H](N)C[SeH])C(=O)O. The van der Waals surface area contributed by atoms with Crippen LogP contribution in [-0.4, -0.2) is 57.6 Å². The summed E-state index contributed by atoms with van der Waals surface area (Å²) in [5.74, 6) is -1.76. The summed E-state index contributed by atoms with van der Waals surface area (Å²) in [6.07, 6.45) is 0.709. The Labute approximate surface area is 113 Å². The number of carbonyl (C=O) groups excluding carboxylic acids is 1. The first kappa shape index (κ1) is 16.7. The predicted octanol–water partition coefficient (Wildman–Crippen LogP) is -2.53. The number of carboxylic acids is 1. The molecule has 0 aromatic rings. The molecule has 0 fully saturated rings. The second-order valence-corrected chi connectivity index (χ2v) is 4.44. The van der Waals surface area contributed by atoms with E-state index in [-0.39, 0.29) is 12.4 Å². The van der Waals surface area contributed by atoms with Crippen molar-refractivity contribution in [1.29, 1.82) is 5.41 Å². The molecule has 1 amide bonds. The van der Waals surface area contributed by atoms with Crippen LogP contribution >= 0.6 is 0 Å². The van der Waals surface area contributed by atoms with E-state index in [1.165, 1.54) is 0 Å². The van der Waals surface area contributed by atoms with Crippen LogP contribution in [0.1, 0.15) is 12.8 Å². The third kappa shape index (κ3) is 7.10. The fraction of sp³-hybridized carbons (Fsp3) is 0.667. The van der Waals surface area contributed by atoms with Crippen molar-refractivity contribution in [1.82, 2.24) is 10.6 Å². The van der Waals surface area contributed by atoms with Gasteiger partial charge in [-0.1, -0.05) is 0 Å². The first-order valence-corrected chi connectivity index (χ1v) is 6.68. The Bertz CT molecular complexity index is 313. The minimum absolute atomic E-state index is 0.170. The van der Waals surface area contributed by atoms with E-state index in [4.69, 9.17) is 22.0 Å². The summed E-state index contributed by atoms with van der Waals surface area (Å²) >= 11 is 2.18. The Morgan fingerprint density at radius 1 is 1.44 bits per heavy atom. The number of rotatable bonds is 8. The molecule has 0 heterocycles. The van der Waals surface area contributed by atoms with Gasteiger partial charge in [-0.25, -0.2) is 0 Å². The molecule has 18 heavy (non-hydrogen) atoms. The summed E-state index contributed by atoms with van der Waals surface area (Å²) in [6.45, 7) is 0.381. The van der Waals surface area contributed by atoms with Crippen molar-refractivity contribution in [2.45, 2.75) is 30.2 Å². The van der Waals surface area contributed by atoms with Crippen LogP contribution in [-0.2, 0) is 9.59 Å². The molecule has 0 aromatic heterocycles. The van der Waals surface area contributed by atoms with Crippen LogP contribution in [0.5, 0.6) is 0 Å². The average molecular weight is 324 g/mol. The molecule has 0 unspecified atom stereocenters. The van der Waals surface area contributed by atoms with Crippen LogP contribution in [0.4, 0.5) is 0 Å². The van der Waals surface area contributed by atoms with Crippen LogP contribution in [0.2, 0.25) is 5.32 Å². The molecule has 8 N–H and O–H groups in total. The van der Waals surface area contributed by atoms with Gasteiger partial charge in [-0.3, -0.25) is 0 Å². The van der Waals surface area contributed by atoms with E-state index in [0.29, 0.717) is 18.3 Å². The van der Waals surface area contributed by atoms with Crippen LogP contribution in [0, 0.1) is 5.41 Å². The van der Waals surface area contributed by atoms with Gasteiger partial charge in [0.2, 0.25) is 0 Å². The van der Waals surface area contributed by atoms with E-state index in [2.05, 4.69) is 26.6 Å². The van der Waals surface area contributed by atoms with E-state index >= 15 is 0 Å². The van der Waals surface area contributed by atoms with Crippen LogP contribution in [0.25, 0.3) is 0 Å². The van der Waals surface area contributed by atoms with Crippen LogP contribution < -0.4 is 22.1 Å². The molecule has 0 rings (SSSR count). The van der Waals surface area contributed by atoms with Crippen molar-refractivity contribution in [2.24, 2.45) is 11.5 Å². The van der Waals surface area contributed by atoms with Crippen LogP contribution in [0.15, 0.2) is 0 Å². The molecule has 0 bridgehead atoms. The molecule has 104 valence electrons. The second-order valence-electron chi connectivity index (χ2n) is 3.67.